The summed E-state index contributed by atoms with van der Waals surface area (Å²) in [5, 5.41) is 0. The summed E-state index contributed by atoms with van der Waals surface area (Å²) in [4.78, 5) is 19.1. The highest BCUT2D eigenvalue weighted by Gasteiger charge is 2.27. The SMILES string of the molecule is C=CCN(Cc1nccn1Cc1ccccc1)C(=O)C1CCCC1. The van der Waals surface area contributed by atoms with E-state index >= 15 is 0 Å². The number of carbonyl (C=O) groups is 1. The maximum atomic E-state index is 12.8. The van der Waals surface area contributed by atoms with Gasteiger partial charge in [0.2, 0.25) is 5.91 Å². The zero-order chi connectivity index (χ0) is 16.8. The van der Waals surface area contributed by atoms with Crippen molar-refractivity contribution >= 4 is 5.91 Å². The summed E-state index contributed by atoms with van der Waals surface area (Å²) < 4.78 is 2.12. The van der Waals surface area contributed by atoms with Crippen LogP contribution in [0.2, 0.25) is 0 Å². The number of benzene rings is 1. The van der Waals surface area contributed by atoms with Crippen LogP contribution in [-0.4, -0.2) is 26.9 Å². The van der Waals surface area contributed by atoms with Crippen molar-refractivity contribution in [3.8, 4) is 0 Å². The molecule has 1 heterocycles. The van der Waals surface area contributed by atoms with Gasteiger partial charge < -0.3 is 9.47 Å². The molecule has 1 amide bonds. The summed E-state index contributed by atoms with van der Waals surface area (Å²) in [5.41, 5.74) is 1.23. The van der Waals surface area contributed by atoms with E-state index in [9.17, 15) is 4.79 Å². The molecule has 1 aromatic carbocycles. The van der Waals surface area contributed by atoms with E-state index in [4.69, 9.17) is 0 Å². The van der Waals surface area contributed by atoms with Crippen molar-refractivity contribution in [2.75, 3.05) is 6.54 Å². The van der Waals surface area contributed by atoms with E-state index in [1.165, 1.54) is 18.4 Å². The number of nitrogens with zero attached hydrogens (tertiary/aromatic N) is 3. The van der Waals surface area contributed by atoms with Crippen molar-refractivity contribution in [1.29, 1.82) is 0 Å². The fraction of sp³-hybridized carbons (Fsp3) is 0.400. The van der Waals surface area contributed by atoms with Crippen molar-refractivity contribution < 1.29 is 4.79 Å². The van der Waals surface area contributed by atoms with Crippen LogP contribution in [0.4, 0.5) is 0 Å². The van der Waals surface area contributed by atoms with Gasteiger partial charge >= 0.3 is 0 Å². The number of imidazole rings is 1. The van der Waals surface area contributed by atoms with Gasteiger partial charge in [-0.05, 0) is 18.4 Å². The molecule has 0 atom stereocenters. The fourth-order valence-corrected chi connectivity index (χ4v) is 3.41. The highest BCUT2D eigenvalue weighted by molar-refractivity contribution is 5.79. The Morgan fingerprint density at radius 3 is 2.75 bits per heavy atom. The number of carbonyl (C=O) groups excluding carboxylic acids is 1. The molecule has 0 aliphatic heterocycles. The van der Waals surface area contributed by atoms with Crippen molar-refractivity contribution in [1.82, 2.24) is 14.5 Å². The van der Waals surface area contributed by atoms with Crippen molar-refractivity contribution in [3.05, 3.63) is 66.8 Å². The Bertz CT molecular complexity index is 671. The Balaban J connectivity index is 1.72. The average Bonchev–Trinajstić information content (AvgIpc) is 3.27. The lowest BCUT2D eigenvalue weighted by molar-refractivity contribution is -0.135. The lowest BCUT2D eigenvalue weighted by Crippen LogP contribution is -2.35. The Hall–Kier alpha value is -2.36. The summed E-state index contributed by atoms with van der Waals surface area (Å²) in [7, 11) is 0. The zero-order valence-corrected chi connectivity index (χ0v) is 14.1. The van der Waals surface area contributed by atoms with Crippen LogP contribution in [0.1, 0.15) is 37.1 Å². The molecule has 3 rings (SSSR count). The van der Waals surface area contributed by atoms with E-state index in [0.717, 1.165) is 25.2 Å². The number of amides is 1. The first-order valence-corrected chi connectivity index (χ1v) is 8.71. The normalized spacial score (nSPS) is 14.7. The molecule has 0 unspecified atom stereocenters. The highest BCUT2D eigenvalue weighted by Crippen LogP contribution is 2.27. The molecule has 2 aromatic rings. The van der Waals surface area contributed by atoms with Crippen LogP contribution in [0, 0.1) is 5.92 Å². The van der Waals surface area contributed by atoms with Crippen LogP contribution >= 0.6 is 0 Å². The van der Waals surface area contributed by atoms with Crippen LogP contribution in [0.15, 0.2) is 55.4 Å². The van der Waals surface area contributed by atoms with Crippen LogP contribution in [0.5, 0.6) is 0 Å². The van der Waals surface area contributed by atoms with Gasteiger partial charge in [-0.1, -0.05) is 49.2 Å². The standard InChI is InChI=1S/C20H25N3O/c1-2-13-23(20(24)18-10-6-7-11-18)16-19-21-12-14-22(19)15-17-8-4-3-5-9-17/h2-5,8-9,12,14,18H,1,6-7,10-11,13,15-16H2. The quantitative estimate of drug-likeness (QED) is 0.730. The van der Waals surface area contributed by atoms with Gasteiger partial charge in [-0.15, -0.1) is 6.58 Å². The summed E-state index contributed by atoms with van der Waals surface area (Å²) in [6.45, 7) is 5.70. The first kappa shape index (κ1) is 16.5. The Kier molecular flexibility index (Phi) is 5.47. The van der Waals surface area contributed by atoms with Crippen LogP contribution in [0.25, 0.3) is 0 Å². The third kappa shape index (κ3) is 3.94. The Labute approximate surface area is 143 Å². The van der Waals surface area contributed by atoms with Gasteiger partial charge in [0.25, 0.3) is 0 Å². The minimum atomic E-state index is 0.183. The summed E-state index contributed by atoms with van der Waals surface area (Å²) in [6.07, 6.45) is 9.97. The first-order valence-electron chi connectivity index (χ1n) is 8.71. The molecule has 1 aliphatic rings. The number of hydrogen-bond donors (Lipinski definition) is 0. The average molecular weight is 323 g/mol. The first-order chi connectivity index (χ1) is 11.8. The largest absolute Gasteiger partial charge is 0.331 e. The molecule has 0 saturated heterocycles. The van der Waals surface area contributed by atoms with E-state index in [-0.39, 0.29) is 11.8 Å². The Morgan fingerprint density at radius 2 is 2.04 bits per heavy atom. The maximum Gasteiger partial charge on any atom is 0.226 e. The summed E-state index contributed by atoms with van der Waals surface area (Å²) in [5.74, 6) is 1.36. The number of hydrogen-bond acceptors (Lipinski definition) is 2. The topological polar surface area (TPSA) is 38.1 Å². The summed E-state index contributed by atoms with van der Waals surface area (Å²) >= 11 is 0. The molecule has 0 radical (unpaired) electrons. The molecule has 0 bridgehead atoms. The van der Waals surface area contributed by atoms with E-state index in [2.05, 4.69) is 28.3 Å². The third-order valence-electron chi connectivity index (χ3n) is 4.70. The highest BCUT2D eigenvalue weighted by atomic mass is 16.2. The predicted molar refractivity (Wildman–Crippen MR) is 95.3 cm³/mol. The third-order valence-corrected chi connectivity index (χ3v) is 4.70. The second-order valence-corrected chi connectivity index (χ2v) is 6.45. The van der Waals surface area contributed by atoms with Gasteiger partial charge in [0, 0.05) is 31.4 Å². The van der Waals surface area contributed by atoms with Crippen molar-refractivity contribution in [3.63, 3.8) is 0 Å². The second-order valence-electron chi connectivity index (χ2n) is 6.45. The molecular weight excluding hydrogens is 298 g/mol. The molecule has 24 heavy (non-hydrogen) atoms. The molecule has 1 saturated carbocycles. The van der Waals surface area contributed by atoms with Gasteiger partial charge in [-0.3, -0.25) is 4.79 Å². The van der Waals surface area contributed by atoms with E-state index in [1.54, 1.807) is 6.08 Å². The second kappa shape index (κ2) is 7.95. The maximum absolute atomic E-state index is 12.8. The van der Waals surface area contributed by atoms with Gasteiger partial charge in [0.05, 0.1) is 6.54 Å². The van der Waals surface area contributed by atoms with Gasteiger partial charge in [-0.2, -0.15) is 0 Å². The molecule has 1 aliphatic carbocycles. The summed E-state index contributed by atoms with van der Waals surface area (Å²) in [6, 6.07) is 10.3. The lowest BCUT2D eigenvalue weighted by Gasteiger charge is -2.24. The smallest absolute Gasteiger partial charge is 0.226 e. The monoisotopic (exact) mass is 323 g/mol. The molecule has 4 nitrogen and oxygen atoms in total. The predicted octanol–water partition coefficient (Wildman–Crippen LogP) is 3.64. The van der Waals surface area contributed by atoms with Crippen LogP contribution in [-0.2, 0) is 17.9 Å². The molecule has 1 fully saturated rings. The molecule has 0 N–H and O–H groups in total. The molecule has 0 spiro atoms. The molecule has 126 valence electrons. The van der Waals surface area contributed by atoms with Gasteiger partial charge in [-0.25, -0.2) is 4.98 Å². The fourth-order valence-electron chi connectivity index (χ4n) is 3.41. The van der Waals surface area contributed by atoms with E-state index in [0.29, 0.717) is 13.1 Å². The van der Waals surface area contributed by atoms with Crippen molar-refractivity contribution in [2.45, 2.75) is 38.8 Å². The van der Waals surface area contributed by atoms with E-state index < -0.39 is 0 Å². The van der Waals surface area contributed by atoms with Crippen LogP contribution < -0.4 is 0 Å². The molecular formula is C20H25N3O. The number of rotatable bonds is 7. The van der Waals surface area contributed by atoms with Gasteiger partial charge in [0.1, 0.15) is 5.82 Å². The van der Waals surface area contributed by atoms with Crippen molar-refractivity contribution in [2.24, 2.45) is 5.92 Å². The van der Waals surface area contributed by atoms with Gasteiger partial charge in [0.15, 0.2) is 0 Å². The zero-order valence-electron chi connectivity index (χ0n) is 14.1. The minimum Gasteiger partial charge on any atom is -0.331 e. The minimum absolute atomic E-state index is 0.183. The van der Waals surface area contributed by atoms with E-state index in [1.807, 2.05) is 35.5 Å². The lowest BCUT2D eigenvalue weighted by atomic mass is 10.1. The van der Waals surface area contributed by atoms with Crippen LogP contribution in [0.3, 0.4) is 0 Å². The number of aromatic nitrogens is 2. The molecule has 1 aromatic heterocycles. The molecule has 4 heteroatoms. The Morgan fingerprint density at radius 1 is 1.29 bits per heavy atom.